The van der Waals surface area contributed by atoms with Gasteiger partial charge in [0.15, 0.2) is 0 Å². The molecule has 2 rings (SSSR count). The van der Waals surface area contributed by atoms with Crippen LogP contribution < -0.4 is 0 Å². The lowest BCUT2D eigenvalue weighted by Gasteiger charge is -2.06. The molecule has 0 aliphatic heterocycles. The first-order valence-electron chi connectivity index (χ1n) is 7.46. The van der Waals surface area contributed by atoms with Crippen LogP contribution in [0.25, 0.3) is 11.1 Å². The lowest BCUT2D eigenvalue weighted by atomic mass is 9.99. The summed E-state index contributed by atoms with van der Waals surface area (Å²) < 4.78 is 0. The zero-order chi connectivity index (χ0) is 14.7. The van der Waals surface area contributed by atoms with E-state index in [1.807, 2.05) is 27.7 Å². The second kappa shape index (κ2) is 10.4. The van der Waals surface area contributed by atoms with Gasteiger partial charge in [-0.1, -0.05) is 83.1 Å². The fraction of sp³-hybridized carbons (Fsp3) is 0.368. The van der Waals surface area contributed by atoms with Gasteiger partial charge in [-0.05, 0) is 35.6 Å². The molecule has 0 unspecified atom stereocenters. The molecule has 0 aromatic heterocycles. The normalized spacial score (nSPS) is 8.74. The molecule has 0 aliphatic rings. The van der Waals surface area contributed by atoms with Crippen LogP contribution >= 0.6 is 0 Å². The highest BCUT2D eigenvalue weighted by Gasteiger charge is 1.99. The molecule has 0 saturated heterocycles. The van der Waals surface area contributed by atoms with Crippen LogP contribution in [0, 0.1) is 6.92 Å². The highest BCUT2D eigenvalue weighted by atomic mass is 14.0. The molecule has 0 saturated carbocycles. The Bertz CT molecular complexity index is 438. The topological polar surface area (TPSA) is 0 Å². The maximum absolute atomic E-state index is 2.21. The minimum Gasteiger partial charge on any atom is -0.0683 e. The van der Waals surface area contributed by atoms with Crippen molar-refractivity contribution in [3.05, 3.63) is 59.7 Å². The second-order valence-corrected chi connectivity index (χ2v) is 3.87. The summed E-state index contributed by atoms with van der Waals surface area (Å²) in [6.45, 7) is 12.3. The van der Waals surface area contributed by atoms with Gasteiger partial charge in [0.05, 0.1) is 0 Å². The van der Waals surface area contributed by atoms with E-state index >= 15 is 0 Å². The molecule has 0 N–H and O–H groups in total. The minimum atomic E-state index is 1.11. The monoisotopic (exact) mass is 256 g/mol. The van der Waals surface area contributed by atoms with Crippen molar-refractivity contribution in [2.75, 3.05) is 0 Å². The predicted octanol–water partition coefficient (Wildman–Crippen LogP) is 6.28. The smallest absolute Gasteiger partial charge is 0.0155 e. The molecule has 2 aromatic rings. The summed E-state index contributed by atoms with van der Waals surface area (Å²) in [5.41, 5.74) is 5.37. The van der Waals surface area contributed by atoms with Crippen LogP contribution in [0.1, 0.15) is 45.7 Å². The molecule has 0 aliphatic carbocycles. The van der Waals surface area contributed by atoms with E-state index in [9.17, 15) is 0 Å². The van der Waals surface area contributed by atoms with Crippen LogP contribution in [0.4, 0.5) is 0 Å². The van der Waals surface area contributed by atoms with Crippen LogP contribution in [0.15, 0.2) is 48.5 Å². The summed E-state index contributed by atoms with van der Waals surface area (Å²) in [7, 11) is 0. The van der Waals surface area contributed by atoms with Crippen molar-refractivity contribution >= 4 is 0 Å². The summed E-state index contributed by atoms with van der Waals surface area (Å²) in [6.07, 6.45) is 1.11. The molecule has 104 valence electrons. The third-order valence-corrected chi connectivity index (χ3v) is 2.82. The molecule has 0 heterocycles. The van der Waals surface area contributed by atoms with Crippen LogP contribution in [-0.2, 0) is 6.42 Å². The van der Waals surface area contributed by atoms with Crippen LogP contribution in [0.5, 0.6) is 0 Å². The second-order valence-electron chi connectivity index (χ2n) is 3.87. The van der Waals surface area contributed by atoms with Crippen molar-refractivity contribution in [3.8, 4) is 11.1 Å². The average molecular weight is 256 g/mol. The molecule has 0 radical (unpaired) electrons. The highest BCUT2D eigenvalue weighted by molar-refractivity contribution is 5.67. The Morgan fingerprint density at radius 2 is 1.26 bits per heavy atom. The fourth-order valence-electron chi connectivity index (χ4n) is 1.82. The van der Waals surface area contributed by atoms with Crippen molar-refractivity contribution < 1.29 is 0 Å². The first kappa shape index (κ1) is 17.4. The largest absolute Gasteiger partial charge is 0.0683 e. The van der Waals surface area contributed by atoms with Gasteiger partial charge in [-0.25, -0.2) is 0 Å². The summed E-state index contributed by atoms with van der Waals surface area (Å²) >= 11 is 0. The van der Waals surface area contributed by atoms with E-state index in [0.717, 1.165) is 6.42 Å². The molecule has 0 heteroatoms. The third kappa shape index (κ3) is 5.30. The van der Waals surface area contributed by atoms with Gasteiger partial charge in [0.25, 0.3) is 0 Å². The molecular weight excluding hydrogens is 228 g/mol. The molecule has 0 amide bonds. The third-order valence-electron chi connectivity index (χ3n) is 2.82. The maximum Gasteiger partial charge on any atom is -0.0155 e. The maximum atomic E-state index is 2.21. The standard InChI is InChI=1S/C15H16.2C2H6/c1-3-13-8-10-14(11-9-13)15-7-5-4-6-12(15)2;2*1-2/h4-11H,3H2,1-2H3;2*1-2H3. The Morgan fingerprint density at radius 3 is 1.74 bits per heavy atom. The number of hydrogen-bond acceptors (Lipinski definition) is 0. The number of hydrogen-bond donors (Lipinski definition) is 0. The SMILES string of the molecule is CC.CC.CCc1ccc(-c2ccccc2C)cc1. The van der Waals surface area contributed by atoms with Crippen molar-refractivity contribution in [2.24, 2.45) is 0 Å². The van der Waals surface area contributed by atoms with E-state index < -0.39 is 0 Å². The molecule has 19 heavy (non-hydrogen) atoms. The summed E-state index contributed by atoms with van der Waals surface area (Å²) in [4.78, 5) is 0. The Balaban J connectivity index is 0.000000741. The van der Waals surface area contributed by atoms with Gasteiger partial charge in [-0.15, -0.1) is 0 Å². The fourth-order valence-corrected chi connectivity index (χ4v) is 1.82. The first-order valence-corrected chi connectivity index (χ1v) is 7.46. The van der Waals surface area contributed by atoms with E-state index in [4.69, 9.17) is 0 Å². The Labute approximate surface area is 119 Å². The van der Waals surface area contributed by atoms with E-state index in [-0.39, 0.29) is 0 Å². The van der Waals surface area contributed by atoms with Crippen molar-refractivity contribution in [3.63, 3.8) is 0 Å². The molecule has 0 spiro atoms. The predicted molar refractivity (Wildman–Crippen MR) is 88.7 cm³/mol. The lowest BCUT2D eigenvalue weighted by molar-refractivity contribution is 1.14. The van der Waals surface area contributed by atoms with Crippen molar-refractivity contribution in [1.82, 2.24) is 0 Å². The Kier molecular flexibility index (Phi) is 9.52. The quantitative estimate of drug-likeness (QED) is 0.593. The number of aryl methyl sites for hydroxylation is 2. The van der Waals surface area contributed by atoms with E-state index in [1.165, 1.54) is 22.3 Å². The van der Waals surface area contributed by atoms with Crippen LogP contribution in [0.3, 0.4) is 0 Å². The highest BCUT2D eigenvalue weighted by Crippen LogP contribution is 2.23. The van der Waals surface area contributed by atoms with E-state index in [2.05, 4.69) is 62.4 Å². The summed E-state index contributed by atoms with van der Waals surface area (Å²) in [6, 6.07) is 17.3. The Hall–Kier alpha value is -1.56. The van der Waals surface area contributed by atoms with E-state index in [0.29, 0.717) is 0 Å². The molecule has 0 atom stereocenters. The van der Waals surface area contributed by atoms with Gasteiger partial charge in [-0.3, -0.25) is 0 Å². The molecule has 2 aromatic carbocycles. The first-order chi connectivity index (χ1) is 9.31. The van der Waals surface area contributed by atoms with Crippen molar-refractivity contribution in [1.29, 1.82) is 0 Å². The molecular formula is C19H28. The van der Waals surface area contributed by atoms with Crippen molar-refractivity contribution in [2.45, 2.75) is 48.0 Å². The molecule has 0 nitrogen and oxygen atoms in total. The summed E-state index contributed by atoms with van der Waals surface area (Å²) in [5, 5.41) is 0. The van der Waals surface area contributed by atoms with Crippen LogP contribution in [-0.4, -0.2) is 0 Å². The van der Waals surface area contributed by atoms with Gasteiger partial charge in [0.2, 0.25) is 0 Å². The van der Waals surface area contributed by atoms with Gasteiger partial charge in [0.1, 0.15) is 0 Å². The number of benzene rings is 2. The molecule has 0 fully saturated rings. The Morgan fingerprint density at radius 1 is 0.737 bits per heavy atom. The molecule has 0 bridgehead atoms. The van der Waals surface area contributed by atoms with Gasteiger partial charge >= 0.3 is 0 Å². The van der Waals surface area contributed by atoms with Gasteiger partial charge in [0, 0.05) is 0 Å². The van der Waals surface area contributed by atoms with Crippen LogP contribution in [0.2, 0.25) is 0 Å². The average Bonchev–Trinajstić information content (AvgIpc) is 2.52. The zero-order valence-corrected chi connectivity index (χ0v) is 13.3. The number of rotatable bonds is 2. The zero-order valence-electron chi connectivity index (χ0n) is 13.3. The van der Waals surface area contributed by atoms with Gasteiger partial charge < -0.3 is 0 Å². The van der Waals surface area contributed by atoms with E-state index in [1.54, 1.807) is 0 Å². The lowest BCUT2D eigenvalue weighted by Crippen LogP contribution is -1.84. The van der Waals surface area contributed by atoms with Gasteiger partial charge in [-0.2, -0.15) is 0 Å². The minimum absolute atomic E-state index is 1.11. The summed E-state index contributed by atoms with van der Waals surface area (Å²) in [5.74, 6) is 0.